The number of thioether (sulfide) groups is 1. The van der Waals surface area contributed by atoms with E-state index in [4.69, 9.17) is 9.79 Å². The molecule has 0 saturated carbocycles. The van der Waals surface area contributed by atoms with Crippen molar-refractivity contribution in [2.45, 2.75) is 5.88 Å². The van der Waals surface area contributed by atoms with Crippen LogP contribution in [0.15, 0.2) is 12.7 Å². The Morgan fingerprint density at radius 3 is 2.83 bits per heavy atom. The van der Waals surface area contributed by atoms with Gasteiger partial charge in [0, 0.05) is 0 Å². The molecule has 0 bridgehead atoms. The lowest BCUT2D eigenvalue weighted by molar-refractivity contribution is 0.379. The summed E-state index contributed by atoms with van der Waals surface area (Å²) in [5, 5.41) is 3.77. The third kappa shape index (κ3) is 3.87. The van der Waals surface area contributed by atoms with E-state index in [0.717, 1.165) is 11.8 Å². The first-order valence-electron chi connectivity index (χ1n) is 3.03. The Labute approximate surface area is 73.2 Å². The van der Waals surface area contributed by atoms with Gasteiger partial charge in [0.1, 0.15) is 12.7 Å². The van der Waals surface area contributed by atoms with Crippen molar-refractivity contribution in [1.29, 1.82) is 0 Å². The molecule has 12 heavy (non-hydrogen) atoms. The van der Waals surface area contributed by atoms with Crippen LogP contribution in [0.1, 0.15) is 0 Å². The van der Waals surface area contributed by atoms with Crippen LogP contribution in [0.5, 0.6) is 0 Å². The lowest BCUT2D eigenvalue weighted by Crippen LogP contribution is -1.95. The highest BCUT2D eigenvalue weighted by atomic mass is 32.2. The SMILES string of the molecule is O=P(O)(O)CSCn1cncn1. The van der Waals surface area contributed by atoms with E-state index < -0.39 is 7.60 Å². The standard InChI is InChI=1S/C4H8N3O3PS/c8-11(9,10)4-12-3-7-2-5-1-6-7/h1-2H,3-4H2,(H2,8,9,10). The third-order valence-corrected chi connectivity index (χ3v) is 3.47. The van der Waals surface area contributed by atoms with E-state index in [1.165, 1.54) is 17.3 Å². The molecule has 1 aromatic heterocycles. The van der Waals surface area contributed by atoms with Crippen LogP contribution in [0.2, 0.25) is 0 Å². The summed E-state index contributed by atoms with van der Waals surface area (Å²) in [7, 11) is -3.88. The lowest BCUT2D eigenvalue weighted by atomic mass is 11.2. The fourth-order valence-electron chi connectivity index (χ4n) is 0.553. The van der Waals surface area contributed by atoms with Crippen molar-refractivity contribution >= 4 is 19.4 Å². The molecule has 1 heterocycles. The molecular weight excluding hydrogens is 201 g/mol. The Bertz CT molecular complexity index is 271. The maximum atomic E-state index is 10.4. The summed E-state index contributed by atoms with van der Waals surface area (Å²) >= 11 is 1.12. The molecule has 0 unspecified atom stereocenters. The van der Waals surface area contributed by atoms with Crippen molar-refractivity contribution in [2.75, 3.05) is 5.49 Å². The Morgan fingerprint density at radius 2 is 2.33 bits per heavy atom. The minimum absolute atomic E-state index is 0.188. The molecule has 0 fully saturated rings. The topological polar surface area (TPSA) is 88.2 Å². The monoisotopic (exact) mass is 209 g/mol. The maximum absolute atomic E-state index is 10.4. The highest BCUT2D eigenvalue weighted by Gasteiger charge is 2.11. The van der Waals surface area contributed by atoms with Gasteiger partial charge in [0.15, 0.2) is 0 Å². The van der Waals surface area contributed by atoms with Crippen molar-refractivity contribution in [3.8, 4) is 0 Å². The van der Waals surface area contributed by atoms with E-state index in [1.54, 1.807) is 0 Å². The van der Waals surface area contributed by atoms with Crippen LogP contribution in [0.4, 0.5) is 0 Å². The van der Waals surface area contributed by atoms with Crippen LogP contribution in [0.25, 0.3) is 0 Å². The largest absolute Gasteiger partial charge is 0.335 e. The average Bonchev–Trinajstić information content (AvgIpc) is 2.36. The minimum atomic E-state index is -3.88. The first-order chi connectivity index (χ1) is 5.58. The number of aromatic nitrogens is 3. The molecule has 6 nitrogen and oxygen atoms in total. The summed E-state index contributed by atoms with van der Waals surface area (Å²) in [6.07, 6.45) is 2.87. The van der Waals surface area contributed by atoms with Crippen LogP contribution in [0, 0.1) is 0 Å². The second-order valence-corrected chi connectivity index (χ2v) is 5.09. The first-order valence-corrected chi connectivity index (χ1v) is 5.98. The van der Waals surface area contributed by atoms with Gasteiger partial charge < -0.3 is 9.79 Å². The Balaban J connectivity index is 2.24. The minimum Gasteiger partial charge on any atom is -0.324 e. The molecule has 2 N–H and O–H groups in total. The second-order valence-electron chi connectivity index (χ2n) is 2.06. The predicted octanol–water partition coefficient (Wildman–Crippen LogP) is 0.104. The predicted molar refractivity (Wildman–Crippen MR) is 44.5 cm³/mol. The van der Waals surface area contributed by atoms with Crippen molar-refractivity contribution < 1.29 is 14.4 Å². The second kappa shape index (κ2) is 4.04. The molecule has 1 aromatic rings. The molecule has 0 aliphatic heterocycles. The molecular formula is C4H8N3O3PS. The van der Waals surface area contributed by atoms with E-state index in [1.807, 2.05) is 0 Å². The first kappa shape index (κ1) is 9.73. The van der Waals surface area contributed by atoms with Gasteiger partial charge in [-0.05, 0) is 0 Å². The maximum Gasteiger partial charge on any atom is 0.335 e. The molecule has 0 aromatic carbocycles. The number of hydrogen-bond donors (Lipinski definition) is 2. The zero-order valence-corrected chi connectivity index (χ0v) is 7.78. The smallest absolute Gasteiger partial charge is 0.324 e. The van der Waals surface area contributed by atoms with Gasteiger partial charge in [-0.25, -0.2) is 9.67 Å². The highest BCUT2D eigenvalue weighted by Crippen LogP contribution is 2.38. The van der Waals surface area contributed by atoms with Gasteiger partial charge in [-0.3, -0.25) is 4.57 Å². The third-order valence-electron chi connectivity index (χ3n) is 0.950. The summed E-state index contributed by atoms with van der Waals surface area (Å²) in [4.78, 5) is 20.7. The zero-order chi connectivity index (χ0) is 9.03. The summed E-state index contributed by atoms with van der Waals surface area (Å²) in [6.45, 7) is 0. The van der Waals surface area contributed by atoms with Crippen LogP contribution in [-0.4, -0.2) is 30.0 Å². The molecule has 0 spiro atoms. The quantitative estimate of drug-likeness (QED) is 0.684. The number of hydrogen-bond acceptors (Lipinski definition) is 4. The summed E-state index contributed by atoms with van der Waals surface area (Å²) in [6, 6.07) is 0. The molecule has 0 aliphatic carbocycles. The Hall–Kier alpha value is -0.360. The van der Waals surface area contributed by atoms with Gasteiger partial charge in [-0.15, -0.1) is 11.8 Å². The molecule has 0 atom stereocenters. The highest BCUT2D eigenvalue weighted by molar-refractivity contribution is 8.03. The van der Waals surface area contributed by atoms with Crippen molar-refractivity contribution in [2.24, 2.45) is 0 Å². The molecule has 0 saturated heterocycles. The Kier molecular flexibility index (Phi) is 3.28. The van der Waals surface area contributed by atoms with Gasteiger partial charge in [0.2, 0.25) is 0 Å². The van der Waals surface area contributed by atoms with Gasteiger partial charge in [-0.2, -0.15) is 5.10 Å². The molecule has 68 valence electrons. The van der Waals surface area contributed by atoms with Gasteiger partial charge in [-0.1, -0.05) is 0 Å². The fraction of sp³-hybridized carbons (Fsp3) is 0.500. The van der Waals surface area contributed by atoms with Crippen molar-refractivity contribution in [3.05, 3.63) is 12.7 Å². The van der Waals surface area contributed by atoms with Gasteiger partial charge in [0.05, 0.1) is 11.4 Å². The number of rotatable bonds is 4. The molecule has 0 aliphatic rings. The van der Waals surface area contributed by atoms with Crippen LogP contribution in [0.3, 0.4) is 0 Å². The summed E-state index contributed by atoms with van der Waals surface area (Å²) < 4.78 is 11.9. The van der Waals surface area contributed by atoms with E-state index in [2.05, 4.69) is 10.1 Å². The van der Waals surface area contributed by atoms with Gasteiger partial charge >= 0.3 is 7.60 Å². The number of nitrogens with zero attached hydrogens (tertiary/aromatic N) is 3. The lowest BCUT2D eigenvalue weighted by Gasteiger charge is -2.02. The van der Waals surface area contributed by atoms with Crippen LogP contribution < -0.4 is 0 Å². The zero-order valence-electron chi connectivity index (χ0n) is 6.07. The van der Waals surface area contributed by atoms with E-state index in [-0.39, 0.29) is 5.49 Å². The molecule has 8 heteroatoms. The normalized spacial score (nSPS) is 11.8. The van der Waals surface area contributed by atoms with E-state index in [0.29, 0.717) is 5.88 Å². The summed E-state index contributed by atoms with van der Waals surface area (Å²) in [5.74, 6) is 0.408. The average molecular weight is 209 g/mol. The molecule has 0 amide bonds. The van der Waals surface area contributed by atoms with Crippen LogP contribution >= 0.6 is 19.4 Å². The van der Waals surface area contributed by atoms with Crippen molar-refractivity contribution in [3.63, 3.8) is 0 Å². The van der Waals surface area contributed by atoms with E-state index in [9.17, 15) is 4.57 Å². The fourth-order valence-corrected chi connectivity index (χ4v) is 2.15. The molecule has 1 rings (SSSR count). The van der Waals surface area contributed by atoms with Crippen molar-refractivity contribution in [1.82, 2.24) is 14.8 Å². The van der Waals surface area contributed by atoms with E-state index >= 15 is 0 Å². The van der Waals surface area contributed by atoms with Gasteiger partial charge in [0.25, 0.3) is 0 Å². The van der Waals surface area contributed by atoms with Crippen LogP contribution in [-0.2, 0) is 10.4 Å². The Morgan fingerprint density at radius 1 is 1.58 bits per heavy atom. The molecule has 0 radical (unpaired) electrons. The summed E-state index contributed by atoms with van der Waals surface area (Å²) in [5.41, 5.74) is -0.188.